The molecule has 0 saturated heterocycles. The minimum absolute atomic E-state index is 0.0874. The number of halogens is 1. The van der Waals surface area contributed by atoms with Gasteiger partial charge in [0, 0.05) is 17.3 Å². The van der Waals surface area contributed by atoms with E-state index in [1.807, 2.05) is 44.2 Å². The van der Waals surface area contributed by atoms with Crippen molar-refractivity contribution in [1.82, 2.24) is 4.31 Å². The van der Waals surface area contributed by atoms with Crippen molar-refractivity contribution >= 4 is 33.2 Å². The fourth-order valence-corrected chi connectivity index (χ4v) is 4.60. The molecule has 0 radical (unpaired) electrons. The van der Waals surface area contributed by atoms with Gasteiger partial charge in [0.15, 0.2) is 0 Å². The molecule has 3 aromatic rings. The molecule has 156 valence electrons. The lowest BCUT2D eigenvalue weighted by molar-refractivity contribution is -0.116. The summed E-state index contributed by atoms with van der Waals surface area (Å²) in [4.78, 5) is 12.9. The highest BCUT2D eigenvalue weighted by Gasteiger charge is 2.27. The van der Waals surface area contributed by atoms with Gasteiger partial charge >= 0.3 is 0 Å². The average molecular weight is 443 g/mol. The summed E-state index contributed by atoms with van der Waals surface area (Å²) in [7, 11) is -3.87. The molecule has 7 heteroatoms. The molecule has 0 atom stereocenters. The van der Waals surface area contributed by atoms with E-state index in [1.165, 1.54) is 4.31 Å². The maximum Gasteiger partial charge on any atom is 0.243 e. The Hall–Kier alpha value is -2.67. The van der Waals surface area contributed by atoms with Gasteiger partial charge in [-0.2, -0.15) is 4.31 Å². The van der Waals surface area contributed by atoms with Gasteiger partial charge in [0.25, 0.3) is 0 Å². The molecule has 0 aliphatic rings. The van der Waals surface area contributed by atoms with Gasteiger partial charge in [0.2, 0.25) is 15.9 Å². The number of rotatable bonds is 7. The van der Waals surface area contributed by atoms with Crippen LogP contribution >= 0.6 is 11.6 Å². The quantitative estimate of drug-likeness (QED) is 0.572. The summed E-state index contributed by atoms with van der Waals surface area (Å²) in [5.41, 5.74) is 3.15. The molecular weight excluding hydrogens is 420 g/mol. The highest BCUT2D eigenvalue weighted by Crippen LogP contribution is 2.21. The zero-order chi connectivity index (χ0) is 21.7. The second-order valence-corrected chi connectivity index (χ2v) is 9.45. The summed E-state index contributed by atoms with van der Waals surface area (Å²) in [6.45, 7) is 3.49. The van der Waals surface area contributed by atoms with E-state index in [4.69, 9.17) is 11.6 Å². The Labute approximate surface area is 182 Å². The van der Waals surface area contributed by atoms with Crippen LogP contribution in [-0.4, -0.2) is 25.2 Å². The van der Waals surface area contributed by atoms with Crippen molar-refractivity contribution in [3.8, 4) is 0 Å². The minimum Gasteiger partial charge on any atom is -0.325 e. The van der Waals surface area contributed by atoms with E-state index in [0.29, 0.717) is 10.7 Å². The second kappa shape index (κ2) is 9.43. The van der Waals surface area contributed by atoms with E-state index in [-0.39, 0.29) is 18.0 Å². The van der Waals surface area contributed by atoms with E-state index in [1.54, 1.807) is 42.5 Å². The molecule has 0 fully saturated rings. The maximum absolute atomic E-state index is 13.3. The number of benzene rings is 3. The summed E-state index contributed by atoms with van der Waals surface area (Å²) < 4.78 is 27.7. The van der Waals surface area contributed by atoms with Crippen molar-refractivity contribution in [2.45, 2.75) is 25.3 Å². The predicted octanol–water partition coefficient (Wildman–Crippen LogP) is 4.79. The van der Waals surface area contributed by atoms with Crippen LogP contribution in [0.4, 0.5) is 5.69 Å². The first kappa shape index (κ1) is 22.0. The summed E-state index contributed by atoms with van der Waals surface area (Å²) in [5, 5.41) is 3.35. The first-order valence-electron chi connectivity index (χ1n) is 9.42. The van der Waals surface area contributed by atoms with Gasteiger partial charge < -0.3 is 5.32 Å². The SMILES string of the molecule is Cc1ccc(S(=O)(=O)N(CC(=O)Nc2ccc(Cl)cc2C)Cc2ccccc2)cc1. The van der Waals surface area contributed by atoms with E-state index < -0.39 is 15.9 Å². The number of hydrogen-bond donors (Lipinski definition) is 1. The van der Waals surface area contributed by atoms with Crippen LogP contribution in [0.25, 0.3) is 0 Å². The largest absolute Gasteiger partial charge is 0.325 e. The van der Waals surface area contributed by atoms with E-state index in [2.05, 4.69) is 5.32 Å². The highest BCUT2D eigenvalue weighted by atomic mass is 35.5. The lowest BCUT2D eigenvalue weighted by Gasteiger charge is -2.22. The number of amides is 1. The normalized spacial score (nSPS) is 11.5. The van der Waals surface area contributed by atoms with Crippen LogP contribution in [0.2, 0.25) is 5.02 Å². The molecule has 3 rings (SSSR count). The van der Waals surface area contributed by atoms with Gasteiger partial charge in [0.05, 0.1) is 11.4 Å². The number of hydrogen-bond acceptors (Lipinski definition) is 3. The highest BCUT2D eigenvalue weighted by molar-refractivity contribution is 7.89. The fourth-order valence-electron chi connectivity index (χ4n) is 2.99. The van der Waals surface area contributed by atoms with Crippen LogP contribution in [-0.2, 0) is 21.4 Å². The van der Waals surface area contributed by atoms with Crippen LogP contribution in [0.15, 0.2) is 77.7 Å². The Morgan fingerprint density at radius 1 is 0.967 bits per heavy atom. The molecule has 0 bridgehead atoms. The van der Waals surface area contributed by atoms with Gasteiger partial charge in [-0.1, -0.05) is 59.6 Å². The molecular formula is C23H23ClN2O3S. The Bertz CT molecular complexity index is 1130. The molecule has 30 heavy (non-hydrogen) atoms. The Kier molecular flexibility index (Phi) is 6.92. The van der Waals surface area contributed by atoms with Crippen LogP contribution in [0, 0.1) is 13.8 Å². The predicted molar refractivity (Wildman–Crippen MR) is 120 cm³/mol. The average Bonchev–Trinajstić information content (AvgIpc) is 2.71. The second-order valence-electron chi connectivity index (χ2n) is 7.08. The number of carbonyl (C=O) groups is 1. The zero-order valence-corrected chi connectivity index (χ0v) is 18.4. The van der Waals surface area contributed by atoms with Crippen molar-refractivity contribution in [2.24, 2.45) is 0 Å². The van der Waals surface area contributed by atoms with Crippen molar-refractivity contribution in [1.29, 1.82) is 0 Å². The lowest BCUT2D eigenvalue weighted by atomic mass is 10.2. The van der Waals surface area contributed by atoms with Crippen LogP contribution in [0.5, 0.6) is 0 Å². The lowest BCUT2D eigenvalue weighted by Crippen LogP contribution is -2.37. The molecule has 0 aliphatic carbocycles. The summed E-state index contributed by atoms with van der Waals surface area (Å²) >= 11 is 5.97. The van der Waals surface area contributed by atoms with E-state index >= 15 is 0 Å². The molecule has 0 heterocycles. The number of anilines is 1. The third-order valence-corrected chi connectivity index (χ3v) is 6.68. The number of nitrogens with zero attached hydrogens (tertiary/aromatic N) is 1. The monoisotopic (exact) mass is 442 g/mol. The molecule has 0 spiro atoms. The Morgan fingerprint density at radius 2 is 1.63 bits per heavy atom. The van der Waals surface area contributed by atoms with Gasteiger partial charge in [0.1, 0.15) is 0 Å². The Balaban J connectivity index is 1.87. The molecule has 5 nitrogen and oxygen atoms in total. The first-order valence-corrected chi connectivity index (χ1v) is 11.2. The van der Waals surface area contributed by atoms with Crippen molar-refractivity contribution in [3.05, 3.63) is 94.5 Å². The Morgan fingerprint density at radius 3 is 2.27 bits per heavy atom. The number of aryl methyl sites for hydroxylation is 2. The van der Waals surface area contributed by atoms with Gasteiger partial charge in [-0.25, -0.2) is 8.42 Å². The summed E-state index contributed by atoms with van der Waals surface area (Å²) in [5.74, 6) is -0.424. The number of nitrogens with one attached hydrogen (secondary N) is 1. The van der Waals surface area contributed by atoms with E-state index in [0.717, 1.165) is 16.7 Å². The number of carbonyl (C=O) groups excluding carboxylic acids is 1. The summed E-state index contributed by atoms with van der Waals surface area (Å²) in [6.07, 6.45) is 0. The van der Waals surface area contributed by atoms with Gasteiger partial charge in [-0.05, 0) is 55.3 Å². The van der Waals surface area contributed by atoms with Crippen LogP contribution in [0.1, 0.15) is 16.7 Å². The van der Waals surface area contributed by atoms with Crippen molar-refractivity contribution in [2.75, 3.05) is 11.9 Å². The van der Waals surface area contributed by atoms with Gasteiger partial charge in [-0.15, -0.1) is 0 Å². The van der Waals surface area contributed by atoms with Gasteiger partial charge in [-0.3, -0.25) is 4.79 Å². The van der Waals surface area contributed by atoms with Crippen LogP contribution in [0.3, 0.4) is 0 Å². The maximum atomic E-state index is 13.3. The molecule has 1 N–H and O–H groups in total. The molecule has 0 unspecified atom stereocenters. The summed E-state index contributed by atoms with van der Waals surface area (Å²) in [6, 6.07) is 20.9. The smallest absolute Gasteiger partial charge is 0.243 e. The van der Waals surface area contributed by atoms with Crippen LogP contribution < -0.4 is 5.32 Å². The molecule has 1 amide bonds. The fraction of sp³-hybridized carbons (Fsp3) is 0.174. The minimum atomic E-state index is -3.87. The molecule has 0 aromatic heterocycles. The third-order valence-electron chi connectivity index (χ3n) is 4.64. The molecule has 0 aliphatic heterocycles. The van der Waals surface area contributed by atoms with E-state index in [9.17, 15) is 13.2 Å². The number of sulfonamides is 1. The van der Waals surface area contributed by atoms with Crippen molar-refractivity contribution < 1.29 is 13.2 Å². The van der Waals surface area contributed by atoms with Crippen molar-refractivity contribution in [3.63, 3.8) is 0 Å². The standard InChI is InChI=1S/C23H23ClN2O3S/c1-17-8-11-21(12-9-17)30(28,29)26(15-19-6-4-3-5-7-19)16-23(27)25-22-13-10-20(24)14-18(22)2/h3-14H,15-16H2,1-2H3,(H,25,27). The molecule has 3 aromatic carbocycles. The first-order chi connectivity index (χ1) is 14.3. The third kappa shape index (κ3) is 5.48. The topological polar surface area (TPSA) is 66.5 Å². The zero-order valence-electron chi connectivity index (χ0n) is 16.8. The molecule has 0 saturated carbocycles.